The van der Waals surface area contributed by atoms with Crippen LogP contribution in [0.5, 0.6) is 5.75 Å². The maximum atomic E-state index is 13.0. The van der Waals surface area contributed by atoms with E-state index in [2.05, 4.69) is 5.32 Å². The van der Waals surface area contributed by atoms with Crippen LogP contribution in [0.15, 0.2) is 18.2 Å². The molecule has 1 rings (SSSR count). The van der Waals surface area contributed by atoms with Gasteiger partial charge in [0.05, 0.1) is 5.56 Å². The molecule has 20 heavy (non-hydrogen) atoms. The highest BCUT2D eigenvalue weighted by Gasteiger charge is 2.34. The van der Waals surface area contributed by atoms with Crippen LogP contribution in [0.25, 0.3) is 0 Å². The molecule has 1 aromatic rings. The van der Waals surface area contributed by atoms with Crippen LogP contribution in [0.2, 0.25) is 0 Å². The normalized spacial score (nSPS) is 11.7. The second-order valence-corrected chi connectivity index (χ2v) is 4.26. The molecular weight excluding hydrogens is 271 g/mol. The fraction of sp³-hybridized carbons (Fsp3) is 0.571. The fourth-order valence-corrected chi connectivity index (χ4v) is 1.63. The van der Waals surface area contributed by atoms with Gasteiger partial charge in [-0.25, -0.2) is 0 Å². The van der Waals surface area contributed by atoms with Gasteiger partial charge in [-0.1, -0.05) is 13.0 Å². The highest BCUT2D eigenvalue weighted by molar-refractivity contribution is 5.39. The molecule has 0 amide bonds. The SMILES string of the molecule is CCCNCc1ccc(OCOCC)c(C(F)(F)F)c1. The first-order valence-corrected chi connectivity index (χ1v) is 6.60. The number of rotatable bonds is 8. The molecule has 0 saturated carbocycles. The Morgan fingerprint density at radius 3 is 2.55 bits per heavy atom. The van der Waals surface area contributed by atoms with Crippen LogP contribution in [-0.4, -0.2) is 19.9 Å². The quantitative estimate of drug-likeness (QED) is 0.586. The summed E-state index contributed by atoms with van der Waals surface area (Å²) in [6.45, 7) is 5.12. The van der Waals surface area contributed by atoms with Gasteiger partial charge in [0.15, 0.2) is 6.79 Å². The Hall–Kier alpha value is -1.27. The Kier molecular flexibility index (Phi) is 6.81. The molecule has 6 heteroatoms. The van der Waals surface area contributed by atoms with Gasteiger partial charge in [-0.05, 0) is 37.6 Å². The van der Waals surface area contributed by atoms with Crippen molar-refractivity contribution in [1.29, 1.82) is 0 Å². The number of nitrogens with one attached hydrogen (secondary N) is 1. The van der Waals surface area contributed by atoms with Gasteiger partial charge in [-0.2, -0.15) is 13.2 Å². The van der Waals surface area contributed by atoms with Crippen molar-refractivity contribution in [3.05, 3.63) is 29.3 Å². The van der Waals surface area contributed by atoms with Crippen molar-refractivity contribution in [2.75, 3.05) is 19.9 Å². The van der Waals surface area contributed by atoms with Crippen molar-refractivity contribution in [2.45, 2.75) is 33.0 Å². The average Bonchev–Trinajstić information content (AvgIpc) is 2.39. The molecule has 1 aromatic carbocycles. The Bertz CT molecular complexity index is 408. The number of hydrogen-bond donors (Lipinski definition) is 1. The monoisotopic (exact) mass is 291 g/mol. The Labute approximate surface area is 117 Å². The number of hydrogen-bond acceptors (Lipinski definition) is 3. The molecule has 114 valence electrons. The summed E-state index contributed by atoms with van der Waals surface area (Å²) in [5.41, 5.74) is -0.192. The first-order chi connectivity index (χ1) is 9.49. The van der Waals surface area contributed by atoms with Crippen molar-refractivity contribution in [2.24, 2.45) is 0 Å². The maximum absolute atomic E-state index is 13.0. The van der Waals surface area contributed by atoms with E-state index < -0.39 is 11.7 Å². The molecule has 0 atom stereocenters. The van der Waals surface area contributed by atoms with Crippen LogP contribution in [0.4, 0.5) is 13.2 Å². The van der Waals surface area contributed by atoms with E-state index in [1.807, 2.05) is 6.92 Å². The van der Waals surface area contributed by atoms with E-state index in [1.165, 1.54) is 6.07 Å². The van der Waals surface area contributed by atoms with Gasteiger partial charge in [0, 0.05) is 13.2 Å². The molecule has 0 aliphatic heterocycles. The van der Waals surface area contributed by atoms with E-state index in [0.29, 0.717) is 18.7 Å². The molecule has 0 aliphatic carbocycles. The van der Waals surface area contributed by atoms with E-state index in [0.717, 1.165) is 19.0 Å². The van der Waals surface area contributed by atoms with Crippen LogP contribution >= 0.6 is 0 Å². The second kappa shape index (κ2) is 8.11. The van der Waals surface area contributed by atoms with E-state index in [4.69, 9.17) is 9.47 Å². The Balaban J connectivity index is 2.83. The van der Waals surface area contributed by atoms with Crippen molar-refractivity contribution in [1.82, 2.24) is 5.32 Å². The van der Waals surface area contributed by atoms with Gasteiger partial charge < -0.3 is 14.8 Å². The molecule has 3 nitrogen and oxygen atoms in total. The zero-order chi connectivity index (χ0) is 15.0. The minimum absolute atomic E-state index is 0.187. The summed E-state index contributed by atoms with van der Waals surface area (Å²) >= 11 is 0. The van der Waals surface area contributed by atoms with Gasteiger partial charge in [-0.15, -0.1) is 0 Å². The van der Waals surface area contributed by atoms with Crippen molar-refractivity contribution < 1.29 is 22.6 Å². The Morgan fingerprint density at radius 1 is 1.20 bits per heavy atom. The molecule has 0 aliphatic rings. The first kappa shape index (κ1) is 16.8. The fourth-order valence-electron chi connectivity index (χ4n) is 1.63. The Morgan fingerprint density at radius 2 is 1.95 bits per heavy atom. The van der Waals surface area contributed by atoms with E-state index in [1.54, 1.807) is 13.0 Å². The summed E-state index contributed by atoms with van der Waals surface area (Å²) in [4.78, 5) is 0. The van der Waals surface area contributed by atoms with Crippen molar-refractivity contribution >= 4 is 0 Å². The van der Waals surface area contributed by atoms with Gasteiger partial charge in [0.1, 0.15) is 5.75 Å². The lowest BCUT2D eigenvalue weighted by Crippen LogP contribution is -2.16. The maximum Gasteiger partial charge on any atom is 0.419 e. The number of halogens is 3. The zero-order valence-electron chi connectivity index (χ0n) is 11.7. The van der Waals surface area contributed by atoms with Crippen molar-refractivity contribution in [3.63, 3.8) is 0 Å². The van der Waals surface area contributed by atoms with Crippen molar-refractivity contribution in [3.8, 4) is 5.75 Å². The molecule has 0 aromatic heterocycles. The summed E-state index contributed by atoms with van der Waals surface area (Å²) in [5, 5.41) is 3.07. The zero-order valence-corrected chi connectivity index (χ0v) is 11.7. The summed E-state index contributed by atoms with van der Waals surface area (Å²) in [6, 6.07) is 4.08. The summed E-state index contributed by atoms with van der Waals surface area (Å²) < 4.78 is 48.9. The molecule has 0 heterocycles. The molecule has 0 saturated heterocycles. The molecular formula is C14H20F3NO2. The largest absolute Gasteiger partial charge is 0.467 e. The highest BCUT2D eigenvalue weighted by Crippen LogP contribution is 2.36. The molecule has 0 unspecified atom stereocenters. The first-order valence-electron chi connectivity index (χ1n) is 6.60. The third kappa shape index (κ3) is 5.38. The van der Waals surface area contributed by atoms with E-state index in [9.17, 15) is 13.2 Å². The van der Waals surface area contributed by atoms with E-state index >= 15 is 0 Å². The van der Waals surface area contributed by atoms with Gasteiger partial charge in [-0.3, -0.25) is 0 Å². The van der Waals surface area contributed by atoms with Crippen LogP contribution in [0.1, 0.15) is 31.4 Å². The topological polar surface area (TPSA) is 30.5 Å². The van der Waals surface area contributed by atoms with Crippen LogP contribution in [0.3, 0.4) is 0 Å². The van der Waals surface area contributed by atoms with Gasteiger partial charge in [0.25, 0.3) is 0 Å². The highest BCUT2D eigenvalue weighted by atomic mass is 19.4. The molecule has 0 fully saturated rings. The number of alkyl halides is 3. The molecule has 0 radical (unpaired) electrons. The predicted molar refractivity (Wildman–Crippen MR) is 70.6 cm³/mol. The number of ether oxygens (including phenoxy) is 2. The lowest BCUT2D eigenvalue weighted by atomic mass is 10.1. The smallest absolute Gasteiger partial charge is 0.419 e. The summed E-state index contributed by atoms with van der Waals surface area (Å²) in [6.07, 6.45) is -3.51. The van der Waals surface area contributed by atoms with Gasteiger partial charge >= 0.3 is 6.18 Å². The standard InChI is InChI=1S/C14H20F3NO2/c1-3-7-18-9-11-5-6-13(20-10-19-4-2)12(8-11)14(15,16)17/h5-6,8,18H,3-4,7,9-10H2,1-2H3. The molecule has 1 N–H and O–H groups in total. The second-order valence-electron chi connectivity index (χ2n) is 4.26. The molecule has 0 bridgehead atoms. The predicted octanol–water partition coefficient (Wildman–Crippen LogP) is 3.58. The minimum atomic E-state index is -4.44. The third-order valence-electron chi connectivity index (χ3n) is 2.61. The molecule has 0 spiro atoms. The lowest BCUT2D eigenvalue weighted by Gasteiger charge is -2.15. The summed E-state index contributed by atoms with van der Waals surface area (Å²) in [5.74, 6) is -0.204. The van der Waals surface area contributed by atoms with Crippen LogP contribution < -0.4 is 10.1 Å². The average molecular weight is 291 g/mol. The third-order valence-corrected chi connectivity index (χ3v) is 2.61. The number of benzene rings is 1. The minimum Gasteiger partial charge on any atom is -0.467 e. The van der Waals surface area contributed by atoms with Crippen LogP contribution in [0, 0.1) is 0 Å². The van der Waals surface area contributed by atoms with E-state index in [-0.39, 0.29) is 12.5 Å². The lowest BCUT2D eigenvalue weighted by molar-refractivity contribution is -0.139. The summed E-state index contributed by atoms with van der Waals surface area (Å²) in [7, 11) is 0. The van der Waals surface area contributed by atoms with Gasteiger partial charge in [0.2, 0.25) is 0 Å². The van der Waals surface area contributed by atoms with Crippen LogP contribution in [-0.2, 0) is 17.5 Å².